The largest absolute Gasteiger partial charge is 0.476 e. The number of nitrogens with one attached hydrogen (secondary N) is 1. The Morgan fingerprint density at radius 3 is 2.38 bits per heavy atom. The predicted molar refractivity (Wildman–Crippen MR) is 94.8 cm³/mol. The van der Waals surface area contributed by atoms with Crippen molar-refractivity contribution in [3.05, 3.63) is 63.9 Å². The first-order chi connectivity index (χ1) is 11.5. The lowest BCUT2D eigenvalue weighted by Crippen LogP contribution is -2.00. The summed E-state index contributed by atoms with van der Waals surface area (Å²) in [7, 11) is 0. The molecule has 0 unspecified atom stereocenters. The number of hydrogen-bond donors (Lipinski definition) is 2. The summed E-state index contributed by atoms with van der Waals surface area (Å²) in [5.74, 6) is -0.649. The number of thioether (sulfide) groups is 1. The number of aromatic carboxylic acids is 1. The third-order valence-corrected chi connectivity index (χ3v) is 4.72. The van der Waals surface area contributed by atoms with Crippen LogP contribution in [0.4, 0.5) is 0 Å². The number of hydrogen-bond acceptors (Lipinski definition) is 4. The first-order valence-corrected chi connectivity index (χ1v) is 8.59. The van der Waals surface area contributed by atoms with Gasteiger partial charge in [0.05, 0.1) is 0 Å². The van der Waals surface area contributed by atoms with Gasteiger partial charge in [0.25, 0.3) is 0 Å². The topological polar surface area (TPSA) is 78.9 Å². The number of carboxylic acids is 1. The van der Waals surface area contributed by atoms with E-state index >= 15 is 0 Å². The molecule has 0 aliphatic carbocycles. The van der Waals surface area contributed by atoms with E-state index in [0.29, 0.717) is 21.5 Å². The van der Waals surface area contributed by atoms with Crippen LogP contribution in [0.15, 0.2) is 47.4 Å². The van der Waals surface area contributed by atoms with Gasteiger partial charge in [-0.25, -0.2) is 4.79 Å². The maximum atomic E-state index is 11.0. The summed E-state index contributed by atoms with van der Waals surface area (Å²) in [5.41, 5.74) is 2.37. The summed E-state index contributed by atoms with van der Waals surface area (Å²) < 4.78 is 0. The highest BCUT2D eigenvalue weighted by atomic mass is 35.5. The summed E-state index contributed by atoms with van der Waals surface area (Å²) in [6.45, 7) is 0. The third kappa shape index (κ3) is 3.90. The van der Waals surface area contributed by atoms with Crippen LogP contribution in [0.5, 0.6) is 0 Å². The standard InChI is InChI=1S/C16H11Cl2N3O2S/c17-11-5-10(6-12(18)7-11)9-1-3-13(4-2-9)24-8-14-15(16(22)23)20-21-19-14/h1-7H,8H2,(H,22,23)(H,19,20,21). The van der Waals surface area contributed by atoms with Crippen molar-refractivity contribution in [2.24, 2.45) is 0 Å². The van der Waals surface area contributed by atoms with Gasteiger partial charge >= 0.3 is 5.97 Å². The van der Waals surface area contributed by atoms with Crippen molar-refractivity contribution in [3.63, 3.8) is 0 Å². The Hall–Kier alpha value is -2.02. The van der Waals surface area contributed by atoms with Crippen molar-refractivity contribution in [1.82, 2.24) is 15.4 Å². The molecule has 0 bridgehead atoms. The molecule has 24 heavy (non-hydrogen) atoms. The van der Waals surface area contributed by atoms with Gasteiger partial charge in [-0.15, -0.1) is 16.9 Å². The maximum absolute atomic E-state index is 11.0. The van der Waals surface area contributed by atoms with Gasteiger partial charge < -0.3 is 5.11 Å². The van der Waals surface area contributed by atoms with Crippen molar-refractivity contribution in [2.75, 3.05) is 0 Å². The lowest BCUT2D eigenvalue weighted by Gasteiger charge is -2.05. The Morgan fingerprint density at radius 2 is 1.75 bits per heavy atom. The summed E-state index contributed by atoms with van der Waals surface area (Å²) in [5, 5.41) is 19.9. The van der Waals surface area contributed by atoms with Gasteiger partial charge in [0.2, 0.25) is 0 Å². The smallest absolute Gasteiger partial charge is 0.355 e. The van der Waals surface area contributed by atoms with Gasteiger partial charge in [-0.2, -0.15) is 0 Å². The second-order valence-electron chi connectivity index (χ2n) is 4.91. The van der Waals surface area contributed by atoms with Gasteiger partial charge in [0.1, 0.15) is 5.69 Å². The molecular weight excluding hydrogens is 369 g/mol. The van der Waals surface area contributed by atoms with Gasteiger partial charge in [-0.05, 0) is 41.5 Å². The number of aromatic amines is 1. The van der Waals surface area contributed by atoms with Crippen LogP contribution in [0.3, 0.4) is 0 Å². The second-order valence-corrected chi connectivity index (χ2v) is 6.83. The molecule has 0 radical (unpaired) electrons. The molecule has 0 spiro atoms. The molecule has 1 aromatic heterocycles. The Labute approximate surface area is 152 Å². The number of carbonyl (C=O) groups is 1. The van der Waals surface area contributed by atoms with E-state index in [1.54, 1.807) is 6.07 Å². The van der Waals surface area contributed by atoms with Crippen LogP contribution in [0.1, 0.15) is 16.2 Å². The van der Waals surface area contributed by atoms with E-state index in [9.17, 15) is 4.79 Å². The predicted octanol–water partition coefficient (Wildman–Crippen LogP) is 4.77. The number of halogens is 2. The summed E-state index contributed by atoms with van der Waals surface area (Å²) in [4.78, 5) is 12.0. The monoisotopic (exact) mass is 379 g/mol. The van der Waals surface area contributed by atoms with Crippen molar-refractivity contribution in [3.8, 4) is 11.1 Å². The Kier molecular flexibility index (Phi) is 5.08. The van der Waals surface area contributed by atoms with Gasteiger partial charge in [-0.1, -0.05) is 40.5 Å². The van der Waals surface area contributed by atoms with Crippen LogP contribution in [-0.4, -0.2) is 26.5 Å². The molecule has 0 aliphatic rings. The molecule has 0 saturated heterocycles. The normalized spacial score (nSPS) is 10.8. The Bertz CT molecular complexity index is 861. The minimum Gasteiger partial charge on any atom is -0.476 e. The van der Waals surface area contributed by atoms with E-state index in [-0.39, 0.29) is 5.69 Å². The van der Waals surface area contributed by atoms with Gasteiger partial charge in [0.15, 0.2) is 5.69 Å². The highest BCUT2D eigenvalue weighted by Gasteiger charge is 2.14. The quantitative estimate of drug-likeness (QED) is 0.624. The fourth-order valence-electron chi connectivity index (χ4n) is 2.14. The van der Waals surface area contributed by atoms with Crippen molar-refractivity contribution >= 4 is 40.9 Å². The minimum absolute atomic E-state index is 0.0210. The number of benzene rings is 2. The lowest BCUT2D eigenvalue weighted by molar-refractivity contribution is 0.0689. The molecule has 122 valence electrons. The zero-order valence-corrected chi connectivity index (χ0v) is 14.5. The third-order valence-electron chi connectivity index (χ3n) is 3.26. The Morgan fingerprint density at radius 1 is 1.08 bits per heavy atom. The SMILES string of the molecule is O=C(O)c1[nH]nnc1CSc1ccc(-c2cc(Cl)cc(Cl)c2)cc1. The molecule has 2 aromatic carbocycles. The van der Waals surface area contributed by atoms with Crippen LogP contribution in [-0.2, 0) is 5.75 Å². The van der Waals surface area contributed by atoms with Gasteiger partial charge in [-0.3, -0.25) is 5.10 Å². The molecule has 3 aromatic rings. The first-order valence-electron chi connectivity index (χ1n) is 6.85. The van der Waals surface area contributed by atoms with Crippen LogP contribution in [0.2, 0.25) is 10.0 Å². The average molecular weight is 380 g/mol. The second kappa shape index (κ2) is 7.25. The highest BCUT2D eigenvalue weighted by Crippen LogP contribution is 2.30. The van der Waals surface area contributed by atoms with Crippen LogP contribution >= 0.6 is 35.0 Å². The first kappa shape index (κ1) is 16.8. The van der Waals surface area contributed by atoms with Crippen LogP contribution < -0.4 is 0 Å². The molecule has 8 heteroatoms. The summed E-state index contributed by atoms with van der Waals surface area (Å²) >= 11 is 13.5. The highest BCUT2D eigenvalue weighted by molar-refractivity contribution is 7.98. The molecule has 1 heterocycles. The zero-order chi connectivity index (χ0) is 17.1. The molecule has 0 atom stereocenters. The number of carboxylic acid groups (broad SMARTS) is 1. The fraction of sp³-hybridized carbons (Fsp3) is 0.0625. The number of rotatable bonds is 5. The molecule has 2 N–H and O–H groups in total. The molecule has 5 nitrogen and oxygen atoms in total. The lowest BCUT2D eigenvalue weighted by atomic mass is 10.1. The molecule has 3 rings (SSSR count). The van der Waals surface area contributed by atoms with E-state index in [4.69, 9.17) is 28.3 Å². The van der Waals surface area contributed by atoms with Gasteiger partial charge in [0, 0.05) is 20.7 Å². The van der Waals surface area contributed by atoms with Crippen molar-refractivity contribution < 1.29 is 9.90 Å². The fourth-order valence-corrected chi connectivity index (χ4v) is 3.50. The zero-order valence-electron chi connectivity index (χ0n) is 12.2. The molecule has 0 fully saturated rings. The van der Waals surface area contributed by atoms with E-state index in [2.05, 4.69) is 15.4 Å². The van der Waals surface area contributed by atoms with Crippen molar-refractivity contribution in [2.45, 2.75) is 10.6 Å². The van der Waals surface area contributed by atoms with Crippen molar-refractivity contribution in [1.29, 1.82) is 0 Å². The van der Waals surface area contributed by atoms with E-state index < -0.39 is 5.97 Å². The number of aromatic nitrogens is 3. The average Bonchev–Trinajstić information content (AvgIpc) is 3.01. The molecular formula is C16H11Cl2N3O2S. The van der Waals surface area contributed by atoms with E-state index in [1.165, 1.54) is 11.8 Å². The van der Waals surface area contributed by atoms with Crippen LogP contribution in [0, 0.1) is 0 Å². The molecule has 0 aliphatic heterocycles. The molecule has 0 saturated carbocycles. The molecule has 0 amide bonds. The Balaban J connectivity index is 1.73. The minimum atomic E-state index is -1.07. The number of H-pyrrole nitrogens is 1. The maximum Gasteiger partial charge on any atom is 0.355 e. The summed E-state index contributed by atoms with van der Waals surface area (Å²) in [6.07, 6.45) is 0. The van der Waals surface area contributed by atoms with Crippen LogP contribution in [0.25, 0.3) is 11.1 Å². The van der Waals surface area contributed by atoms with E-state index in [0.717, 1.165) is 16.0 Å². The van der Waals surface area contributed by atoms with E-state index in [1.807, 2.05) is 36.4 Å². The summed E-state index contributed by atoms with van der Waals surface area (Å²) in [6, 6.07) is 13.2. The number of nitrogens with zero attached hydrogens (tertiary/aromatic N) is 2.